The van der Waals surface area contributed by atoms with Crippen molar-refractivity contribution < 1.29 is 4.79 Å². The van der Waals surface area contributed by atoms with Gasteiger partial charge in [-0.25, -0.2) is 4.98 Å². The second-order valence-electron chi connectivity index (χ2n) is 5.26. The maximum Gasteiger partial charge on any atom is 0.269 e. The van der Waals surface area contributed by atoms with Crippen molar-refractivity contribution in [3.05, 3.63) is 36.0 Å². The van der Waals surface area contributed by atoms with Crippen molar-refractivity contribution in [2.45, 2.75) is 32.4 Å². The molecule has 2 aromatic rings. The molecular weight excluding hydrogens is 268 g/mol. The molecule has 1 fully saturated rings. The van der Waals surface area contributed by atoms with E-state index in [2.05, 4.69) is 24.6 Å². The fourth-order valence-corrected chi connectivity index (χ4v) is 2.76. The molecule has 110 valence electrons. The van der Waals surface area contributed by atoms with Crippen molar-refractivity contribution in [2.75, 3.05) is 11.4 Å². The Morgan fingerprint density at radius 2 is 2.29 bits per heavy atom. The zero-order valence-electron chi connectivity index (χ0n) is 11.9. The standard InChI is InChI=1S/C14H18N6O/c1-10-16-6-8-19(10)9-11-3-2-7-20(11)13-5-4-12(14(15)21)17-18-13/h4-6,8,11H,2-3,7,9H2,1H3,(H2,15,21). The Kier molecular flexibility index (Phi) is 3.55. The lowest BCUT2D eigenvalue weighted by atomic mass is 10.2. The number of carbonyl (C=O) groups excluding carboxylic acids is 1. The molecule has 0 aromatic carbocycles. The zero-order valence-corrected chi connectivity index (χ0v) is 11.9. The molecule has 1 saturated heterocycles. The Bertz CT molecular complexity index is 635. The minimum atomic E-state index is -0.555. The molecule has 3 heterocycles. The first-order valence-corrected chi connectivity index (χ1v) is 7.03. The summed E-state index contributed by atoms with van der Waals surface area (Å²) in [6.45, 7) is 3.83. The highest BCUT2D eigenvalue weighted by Gasteiger charge is 2.26. The second kappa shape index (κ2) is 5.51. The van der Waals surface area contributed by atoms with Gasteiger partial charge in [-0.3, -0.25) is 4.79 Å². The predicted molar refractivity (Wildman–Crippen MR) is 77.9 cm³/mol. The fourth-order valence-electron chi connectivity index (χ4n) is 2.76. The van der Waals surface area contributed by atoms with Crippen LogP contribution in [0.1, 0.15) is 29.2 Å². The smallest absolute Gasteiger partial charge is 0.269 e. The van der Waals surface area contributed by atoms with Crippen LogP contribution in [0.3, 0.4) is 0 Å². The van der Waals surface area contributed by atoms with Crippen LogP contribution in [0.4, 0.5) is 5.82 Å². The Hall–Kier alpha value is -2.44. The first-order valence-electron chi connectivity index (χ1n) is 7.03. The van der Waals surface area contributed by atoms with Crippen LogP contribution in [0.5, 0.6) is 0 Å². The maximum atomic E-state index is 11.0. The number of rotatable bonds is 4. The van der Waals surface area contributed by atoms with Crippen molar-refractivity contribution in [3.8, 4) is 0 Å². The van der Waals surface area contributed by atoms with Crippen LogP contribution < -0.4 is 10.6 Å². The van der Waals surface area contributed by atoms with Crippen molar-refractivity contribution >= 4 is 11.7 Å². The molecule has 1 aliphatic rings. The minimum Gasteiger partial charge on any atom is -0.364 e. The van der Waals surface area contributed by atoms with Gasteiger partial charge in [0.25, 0.3) is 5.91 Å². The van der Waals surface area contributed by atoms with Gasteiger partial charge in [-0.05, 0) is 31.9 Å². The summed E-state index contributed by atoms with van der Waals surface area (Å²) in [7, 11) is 0. The van der Waals surface area contributed by atoms with Crippen LogP contribution >= 0.6 is 0 Å². The quantitative estimate of drug-likeness (QED) is 0.895. The number of aromatic nitrogens is 4. The zero-order chi connectivity index (χ0) is 14.8. The first kappa shape index (κ1) is 13.5. The van der Waals surface area contributed by atoms with E-state index >= 15 is 0 Å². The molecule has 7 heteroatoms. The van der Waals surface area contributed by atoms with Crippen molar-refractivity contribution in [1.82, 2.24) is 19.7 Å². The van der Waals surface area contributed by atoms with E-state index < -0.39 is 5.91 Å². The average Bonchev–Trinajstić information content (AvgIpc) is 3.09. The molecule has 0 saturated carbocycles. The molecule has 0 aliphatic carbocycles. The first-order chi connectivity index (χ1) is 10.1. The normalized spacial score (nSPS) is 18.1. The molecule has 2 N–H and O–H groups in total. The lowest BCUT2D eigenvalue weighted by Crippen LogP contribution is -2.34. The highest BCUT2D eigenvalue weighted by atomic mass is 16.1. The molecule has 0 spiro atoms. The van der Waals surface area contributed by atoms with E-state index in [9.17, 15) is 4.79 Å². The number of hydrogen-bond donors (Lipinski definition) is 1. The van der Waals surface area contributed by atoms with E-state index in [1.54, 1.807) is 6.07 Å². The van der Waals surface area contributed by atoms with E-state index in [1.165, 1.54) is 0 Å². The van der Waals surface area contributed by atoms with Gasteiger partial charge in [0, 0.05) is 31.5 Å². The van der Waals surface area contributed by atoms with E-state index in [1.807, 2.05) is 25.4 Å². The Balaban J connectivity index is 1.77. The van der Waals surface area contributed by atoms with Gasteiger partial charge < -0.3 is 15.2 Å². The van der Waals surface area contributed by atoms with Crippen LogP contribution in [0.2, 0.25) is 0 Å². The summed E-state index contributed by atoms with van der Waals surface area (Å²) in [4.78, 5) is 17.5. The van der Waals surface area contributed by atoms with Gasteiger partial charge in [0.15, 0.2) is 11.5 Å². The van der Waals surface area contributed by atoms with Gasteiger partial charge in [0.1, 0.15) is 5.82 Å². The van der Waals surface area contributed by atoms with Crippen LogP contribution in [0.25, 0.3) is 0 Å². The molecule has 1 amide bonds. The summed E-state index contributed by atoms with van der Waals surface area (Å²) >= 11 is 0. The van der Waals surface area contributed by atoms with Gasteiger partial charge in [0.2, 0.25) is 0 Å². The highest BCUT2D eigenvalue weighted by Crippen LogP contribution is 2.24. The third-order valence-corrected chi connectivity index (χ3v) is 3.91. The summed E-state index contributed by atoms with van der Waals surface area (Å²) in [5.74, 6) is 1.25. The lowest BCUT2D eigenvalue weighted by molar-refractivity contribution is 0.0994. The Morgan fingerprint density at radius 1 is 1.43 bits per heavy atom. The lowest BCUT2D eigenvalue weighted by Gasteiger charge is -2.26. The van der Waals surface area contributed by atoms with Crippen molar-refractivity contribution in [1.29, 1.82) is 0 Å². The summed E-state index contributed by atoms with van der Waals surface area (Å²) in [6, 6.07) is 3.81. The average molecular weight is 286 g/mol. The molecule has 3 rings (SSSR count). The third-order valence-electron chi connectivity index (χ3n) is 3.91. The molecule has 1 aliphatic heterocycles. The minimum absolute atomic E-state index is 0.194. The van der Waals surface area contributed by atoms with Gasteiger partial charge >= 0.3 is 0 Å². The van der Waals surface area contributed by atoms with E-state index in [4.69, 9.17) is 5.73 Å². The van der Waals surface area contributed by atoms with Crippen LogP contribution in [0, 0.1) is 6.92 Å². The van der Waals surface area contributed by atoms with Crippen molar-refractivity contribution in [3.63, 3.8) is 0 Å². The number of aryl methyl sites for hydroxylation is 1. The fraction of sp³-hybridized carbons (Fsp3) is 0.429. The molecule has 1 unspecified atom stereocenters. The van der Waals surface area contributed by atoms with Crippen LogP contribution in [-0.2, 0) is 6.54 Å². The Labute approximate surface area is 122 Å². The van der Waals surface area contributed by atoms with Gasteiger partial charge in [-0.1, -0.05) is 0 Å². The van der Waals surface area contributed by atoms with Gasteiger partial charge in [0.05, 0.1) is 0 Å². The van der Waals surface area contributed by atoms with Crippen LogP contribution in [-0.4, -0.2) is 38.2 Å². The summed E-state index contributed by atoms with van der Waals surface area (Å²) in [6.07, 6.45) is 6.04. The van der Waals surface area contributed by atoms with Crippen LogP contribution in [0.15, 0.2) is 24.5 Å². The number of amides is 1. The topological polar surface area (TPSA) is 89.9 Å². The van der Waals surface area contributed by atoms with E-state index in [-0.39, 0.29) is 5.69 Å². The number of primary amides is 1. The number of imidazole rings is 1. The third kappa shape index (κ3) is 2.72. The Morgan fingerprint density at radius 3 is 2.90 bits per heavy atom. The molecule has 0 bridgehead atoms. The monoisotopic (exact) mass is 286 g/mol. The number of carbonyl (C=O) groups is 1. The summed E-state index contributed by atoms with van der Waals surface area (Å²) < 4.78 is 2.15. The maximum absolute atomic E-state index is 11.0. The largest absolute Gasteiger partial charge is 0.364 e. The number of nitrogens with zero attached hydrogens (tertiary/aromatic N) is 5. The molecular formula is C14H18N6O. The highest BCUT2D eigenvalue weighted by molar-refractivity contribution is 5.90. The molecule has 0 radical (unpaired) electrons. The number of anilines is 1. The van der Waals surface area contributed by atoms with E-state index in [0.717, 1.165) is 37.6 Å². The molecule has 7 nitrogen and oxygen atoms in total. The number of nitrogens with two attached hydrogens (primary N) is 1. The van der Waals surface area contributed by atoms with Gasteiger partial charge in [-0.15, -0.1) is 10.2 Å². The predicted octanol–water partition coefficient (Wildman–Crippen LogP) is 0.749. The molecule has 2 aromatic heterocycles. The van der Waals surface area contributed by atoms with E-state index in [0.29, 0.717) is 6.04 Å². The van der Waals surface area contributed by atoms with Crippen molar-refractivity contribution in [2.24, 2.45) is 5.73 Å². The summed E-state index contributed by atoms with van der Waals surface area (Å²) in [5.41, 5.74) is 5.38. The number of hydrogen-bond acceptors (Lipinski definition) is 5. The molecule has 1 atom stereocenters. The SMILES string of the molecule is Cc1nccn1CC1CCCN1c1ccc(C(N)=O)nn1. The summed E-state index contributed by atoms with van der Waals surface area (Å²) in [5, 5.41) is 8.02. The molecule has 21 heavy (non-hydrogen) atoms. The van der Waals surface area contributed by atoms with Gasteiger partial charge in [-0.2, -0.15) is 0 Å². The second-order valence-corrected chi connectivity index (χ2v) is 5.26.